The largest absolute Gasteiger partial charge is 1.00 e. The van der Waals surface area contributed by atoms with Crippen LogP contribution in [0.4, 0.5) is 0 Å². The Morgan fingerprint density at radius 1 is 0.457 bits per heavy atom. The first-order valence-corrected chi connectivity index (χ1v) is 18.0. The molecule has 0 nitrogen and oxygen atoms in total. The molecule has 0 unspecified atom stereocenters. The Hall–Kier alpha value is -2.18. The van der Waals surface area contributed by atoms with Crippen LogP contribution in [0.5, 0.6) is 0 Å². The van der Waals surface area contributed by atoms with Crippen LogP contribution in [0.25, 0.3) is 34.4 Å². The summed E-state index contributed by atoms with van der Waals surface area (Å²) in [6, 6.07) is 35.7. The van der Waals surface area contributed by atoms with Gasteiger partial charge in [0.15, 0.2) is 0 Å². The van der Waals surface area contributed by atoms with E-state index >= 15 is 0 Å². The van der Waals surface area contributed by atoms with Gasteiger partial charge in [-0.1, -0.05) is 0 Å². The molecule has 0 aromatic heterocycles. The topological polar surface area (TPSA) is 0 Å². The first-order chi connectivity index (χ1) is 16.3. The Kier molecular flexibility index (Phi) is 6.80. The van der Waals surface area contributed by atoms with E-state index in [0.717, 1.165) is 0 Å². The molecular formula is C32H26Cl2Zr. The van der Waals surface area contributed by atoms with Crippen molar-refractivity contribution in [3.8, 4) is 22.3 Å². The van der Waals surface area contributed by atoms with E-state index in [1.165, 1.54) is 65.6 Å². The average Bonchev–Trinajstić information content (AvgIpc) is 3.36. The van der Waals surface area contributed by atoms with E-state index in [1.54, 1.807) is 0 Å². The third kappa shape index (κ3) is 4.13. The molecule has 0 spiro atoms. The summed E-state index contributed by atoms with van der Waals surface area (Å²) < 4.78 is 6.66. The standard InChI is InChI=1S/2C15H11.C2H4.2ClH.Zr/c2*1-2-6-12(7-3-1)14-10-4-8-13-9-5-11-15(13)14;1-2;;;/h2*1-4,6-8,10-11H,9H2;1-2H2;2*1H;/q;;;;;+2/p-2. The number of hydrogen-bond acceptors (Lipinski definition) is 0. The van der Waals surface area contributed by atoms with E-state index in [-0.39, 0.29) is 24.8 Å². The Labute approximate surface area is 225 Å². The second-order valence-electron chi connectivity index (χ2n) is 9.76. The van der Waals surface area contributed by atoms with Crippen molar-refractivity contribution >= 4 is 12.2 Å². The second-order valence-corrected chi connectivity index (χ2v) is 20.7. The number of rotatable bonds is 4. The summed E-state index contributed by atoms with van der Waals surface area (Å²) in [6.07, 6.45) is 7.63. The van der Waals surface area contributed by atoms with E-state index in [1.807, 2.05) is 6.56 Å². The Balaban J connectivity index is 0.00000127. The predicted molar refractivity (Wildman–Crippen MR) is 137 cm³/mol. The molecule has 0 amide bonds. The van der Waals surface area contributed by atoms with Gasteiger partial charge in [-0.05, 0) is 0 Å². The summed E-state index contributed by atoms with van der Waals surface area (Å²) in [5.41, 5.74) is 11.5. The van der Waals surface area contributed by atoms with Crippen molar-refractivity contribution < 1.29 is 45.1 Å². The van der Waals surface area contributed by atoms with Crippen molar-refractivity contribution in [1.82, 2.24) is 0 Å². The minimum atomic E-state index is -2.42. The fourth-order valence-electron chi connectivity index (χ4n) is 6.06. The van der Waals surface area contributed by atoms with Crippen LogP contribution in [0.1, 0.15) is 22.3 Å². The van der Waals surface area contributed by atoms with Crippen molar-refractivity contribution in [2.75, 3.05) is 0 Å². The van der Waals surface area contributed by atoms with Gasteiger partial charge in [0, 0.05) is 0 Å². The van der Waals surface area contributed by atoms with Crippen molar-refractivity contribution in [3.05, 3.63) is 126 Å². The Bertz CT molecular complexity index is 1340. The van der Waals surface area contributed by atoms with Crippen LogP contribution >= 0.6 is 0 Å². The molecule has 4 aromatic rings. The molecule has 1 heterocycles. The van der Waals surface area contributed by atoms with E-state index in [2.05, 4.69) is 109 Å². The monoisotopic (exact) mass is 570 g/mol. The summed E-state index contributed by atoms with van der Waals surface area (Å²) in [5, 5.41) is 0. The summed E-state index contributed by atoms with van der Waals surface area (Å²) in [5.74, 6) is 0. The van der Waals surface area contributed by atoms with Crippen molar-refractivity contribution in [1.29, 1.82) is 0 Å². The summed E-state index contributed by atoms with van der Waals surface area (Å²) >= 11 is -2.42. The van der Waals surface area contributed by atoms with Crippen LogP contribution in [0, 0.1) is 0 Å². The van der Waals surface area contributed by atoms with Gasteiger partial charge < -0.3 is 24.8 Å². The third-order valence-corrected chi connectivity index (χ3v) is 19.3. The summed E-state index contributed by atoms with van der Waals surface area (Å²) in [4.78, 5) is 0. The van der Waals surface area contributed by atoms with Gasteiger partial charge in [0.2, 0.25) is 0 Å². The fraction of sp³-hybridized carbons (Fsp3) is 0.125. The Morgan fingerprint density at radius 2 is 0.886 bits per heavy atom. The van der Waals surface area contributed by atoms with Crippen LogP contribution < -0.4 is 24.8 Å². The second kappa shape index (κ2) is 9.70. The van der Waals surface area contributed by atoms with Gasteiger partial charge in [0.1, 0.15) is 0 Å². The number of hydrogen-bond donors (Lipinski definition) is 0. The molecule has 1 aliphatic heterocycles. The smallest absolute Gasteiger partial charge is 1.00 e. The van der Waals surface area contributed by atoms with Gasteiger partial charge in [-0.25, -0.2) is 0 Å². The molecule has 1 saturated heterocycles. The van der Waals surface area contributed by atoms with Gasteiger partial charge in [-0.15, -0.1) is 0 Å². The van der Waals surface area contributed by atoms with Crippen LogP contribution in [-0.4, -0.2) is 0 Å². The summed E-state index contributed by atoms with van der Waals surface area (Å²) in [7, 11) is 0. The zero-order valence-electron chi connectivity index (χ0n) is 19.5. The number of benzene rings is 4. The van der Waals surface area contributed by atoms with Crippen molar-refractivity contribution in [2.24, 2.45) is 0 Å². The van der Waals surface area contributed by atoms with E-state index in [9.17, 15) is 0 Å². The van der Waals surface area contributed by atoms with Crippen molar-refractivity contribution in [2.45, 2.75) is 21.1 Å². The maximum absolute atomic E-state index is 2.63. The summed E-state index contributed by atoms with van der Waals surface area (Å²) in [6.45, 7) is 0. The zero-order chi connectivity index (χ0) is 21.8. The minimum absolute atomic E-state index is 0. The first kappa shape index (κ1) is 24.5. The SMILES string of the molecule is C1=[C]([Zr+2]2([C]3=Cc4c(cccc4-c4ccccc4)C3)[CH2][CH2]2)Cc2cccc(-c3ccccc3)c21.[Cl-].[Cl-]. The molecule has 3 heteroatoms. The predicted octanol–water partition coefficient (Wildman–Crippen LogP) is 2.53. The molecule has 4 aromatic carbocycles. The van der Waals surface area contributed by atoms with Gasteiger partial charge in [0.05, 0.1) is 0 Å². The molecule has 2 aliphatic carbocycles. The minimum Gasteiger partial charge on any atom is -1.00 e. The number of fused-ring (bicyclic) bond motifs is 2. The first-order valence-electron chi connectivity index (χ1n) is 12.1. The maximum Gasteiger partial charge on any atom is -1.00 e. The van der Waals surface area contributed by atoms with Crippen LogP contribution in [0.15, 0.2) is 104 Å². The third-order valence-electron chi connectivity index (χ3n) is 7.94. The quantitative estimate of drug-likeness (QED) is 0.353. The number of allylic oxidation sites excluding steroid dienone is 2. The molecule has 0 bridgehead atoms. The maximum atomic E-state index is 2.63. The number of halogens is 2. The molecular weight excluding hydrogens is 546 g/mol. The van der Waals surface area contributed by atoms with Gasteiger partial charge >= 0.3 is 202 Å². The molecule has 0 radical (unpaired) electrons. The zero-order valence-corrected chi connectivity index (χ0v) is 23.4. The molecule has 0 atom stereocenters. The van der Waals surface area contributed by atoms with Crippen LogP contribution in [-0.2, 0) is 33.1 Å². The fourth-order valence-corrected chi connectivity index (χ4v) is 19.2. The molecule has 0 N–H and O–H groups in total. The van der Waals surface area contributed by atoms with E-state index in [0.29, 0.717) is 0 Å². The van der Waals surface area contributed by atoms with Gasteiger partial charge in [-0.2, -0.15) is 0 Å². The Morgan fingerprint density at radius 3 is 1.29 bits per heavy atom. The molecule has 172 valence electrons. The van der Waals surface area contributed by atoms with Crippen LogP contribution in [0.2, 0.25) is 8.26 Å². The molecule has 1 fully saturated rings. The van der Waals surface area contributed by atoms with Crippen molar-refractivity contribution in [3.63, 3.8) is 0 Å². The average molecular weight is 573 g/mol. The van der Waals surface area contributed by atoms with Gasteiger partial charge in [-0.3, -0.25) is 0 Å². The molecule has 3 aliphatic rings. The van der Waals surface area contributed by atoms with E-state index < -0.39 is 20.3 Å². The van der Waals surface area contributed by atoms with E-state index in [4.69, 9.17) is 0 Å². The molecule has 0 saturated carbocycles. The van der Waals surface area contributed by atoms with Gasteiger partial charge in [0.25, 0.3) is 0 Å². The molecule has 35 heavy (non-hydrogen) atoms. The molecule has 7 rings (SSSR count). The van der Waals surface area contributed by atoms with Crippen LogP contribution in [0.3, 0.4) is 0 Å². The normalized spacial score (nSPS) is 15.3.